The fraction of sp³-hybridized carbons (Fsp3) is 0.435. The number of rotatable bonds is 8. The minimum atomic E-state index is -0.290. The van der Waals surface area contributed by atoms with Gasteiger partial charge in [0.2, 0.25) is 5.91 Å². The Morgan fingerprint density at radius 2 is 2.16 bits per heavy atom. The number of amides is 1. The smallest absolute Gasteiger partial charge is 0.259 e. The fourth-order valence-corrected chi connectivity index (χ4v) is 6.07. The molecular weight excluding hydrogens is 433 g/mol. The van der Waals surface area contributed by atoms with E-state index in [1.54, 1.807) is 34.1 Å². The van der Waals surface area contributed by atoms with Crippen molar-refractivity contribution in [1.29, 1.82) is 0 Å². The molecule has 0 bridgehead atoms. The van der Waals surface area contributed by atoms with Crippen molar-refractivity contribution in [3.8, 4) is 0 Å². The van der Waals surface area contributed by atoms with E-state index in [4.69, 9.17) is 0 Å². The van der Waals surface area contributed by atoms with Crippen molar-refractivity contribution in [3.05, 3.63) is 62.3 Å². The first-order valence-electron chi connectivity index (χ1n) is 10.7. The second-order valence-electron chi connectivity index (χ2n) is 7.74. The first-order valence-corrected chi connectivity index (χ1v) is 12.7. The van der Waals surface area contributed by atoms with Gasteiger partial charge in [0, 0.05) is 30.1 Å². The molecule has 2 aromatic heterocycles. The van der Waals surface area contributed by atoms with E-state index in [0.717, 1.165) is 35.0 Å². The Labute approximate surface area is 189 Å². The van der Waals surface area contributed by atoms with Crippen molar-refractivity contribution >= 4 is 39.2 Å². The molecule has 0 saturated carbocycles. The lowest BCUT2D eigenvalue weighted by Gasteiger charge is -2.21. The number of thioether (sulfide) groups is 1. The maximum atomic E-state index is 13.4. The van der Waals surface area contributed by atoms with Gasteiger partial charge in [-0.25, -0.2) is 9.37 Å². The third kappa shape index (κ3) is 5.18. The molecule has 0 atom stereocenters. The monoisotopic (exact) mass is 459 g/mol. The molecule has 31 heavy (non-hydrogen) atoms. The van der Waals surface area contributed by atoms with Gasteiger partial charge in [-0.2, -0.15) is 11.8 Å². The maximum Gasteiger partial charge on any atom is 0.259 e. The van der Waals surface area contributed by atoms with Crippen LogP contribution < -0.4 is 5.56 Å². The Hall–Kier alpha value is -2.19. The number of aromatic amines is 1. The van der Waals surface area contributed by atoms with Crippen LogP contribution in [0.4, 0.5) is 4.39 Å². The van der Waals surface area contributed by atoms with Crippen LogP contribution in [0.1, 0.15) is 48.0 Å². The van der Waals surface area contributed by atoms with Crippen molar-refractivity contribution in [2.24, 2.45) is 0 Å². The molecule has 164 valence electrons. The number of benzene rings is 1. The van der Waals surface area contributed by atoms with Crippen molar-refractivity contribution in [2.45, 2.75) is 51.3 Å². The van der Waals surface area contributed by atoms with Crippen LogP contribution in [0.3, 0.4) is 0 Å². The van der Waals surface area contributed by atoms with Gasteiger partial charge in [0.05, 0.1) is 11.1 Å². The zero-order valence-electron chi connectivity index (χ0n) is 17.6. The van der Waals surface area contributed by atoms with E-state index in [1.807, 2.05) is 13.0 Å². The number of thiophene rings is 1. The highest BCUT2D eigenvalue weighted by Crippen LogP contribution is 2.33. The topological polar surface area (TPSA) is 66.1 Å². The number of halogens is 1. The number of nitrogens with one attached hydrogen (secondary N) is 1. The molecule has 0 radical (unpaired) electrons. The number of nitrogens with zero attached hydrogens (tertiary/aromatic N) is 2. The summed E-state index contributed by atoms with van der Waals surface area (Å²) in [5.41, 5.74) is 1.95. The highest BCUT2D eigenvalue weighted by Gasteiger charge is 2.20. The number of aryl methyl sites for hydroxylation is 2. The number of H-pyrrole nitrogens is 1. The maximum absolute atomic E-state index is 13.4. The van der Waals surface area contributed by atoms with Gasteiger partial charge in [0.15, 0.2) is 0 Å². The van der Waals surface area contributed by atoms with Gasteiger partial charge >= 0.3 is 0 Å². The van der Waals surface area contributed by atoms with Crippen LogP contribution in [-0.2, 0) is 29.9 Å². The van der Waals surface area contributed by atoms with E-state index in [9.17, 15) is 14.0 Å². The molecule has 1 N–H and O–H groups in total. The molecule has 3 aromatic rings. The molecule has 0 spiro atoms. The Balaban J connectivity index is 1.32. The molecule has 4 rings (SSSR count). The molecule has 0 fully saturated rings. The summed E-state index contributed by atoms with van der Waals surface area (Å²) in [6, 6.07) is 6.35. The van der Waals surface area contributed by atoms with Crippen LogP contribution in [0.2, 0.25) is 0 Å². The Kier molecular flexibility index (Phi) is 7.07. The predicted molar refractivity (Wildman–Crippen MR) is 125 cm³/mol. The Morgan fingerprint density at radius 3 is 2.97 bits per heavy atom. The SMILES string of the molecule is CCN(Cc1cccc(F)c1)C(=O)CCSCc1nc2sc3c(c2c(=O)[nH]1)CCCC3. The second-order valence-corrected chi connectivity index (χ2v) is 9.93. The summed E-state index contributed by atoms with van der Waals surface area (Å²) in [6.07, 6.45) is 4.74. The quantitative estimate of drug-likeness (QED) is 0.497. The van der Waals surface area contributed by atoms with Crippen LogP contribution in [0.25, 0.3) is 10.2 Å². The number of aromatic nitrogens is 2. The number of hydrogen-bond donors (Lipinski definition) is 1. The molecule has 1 amide bonds. The number of fused-ring (bicyclic) bond motifs is 3. The molecule has 1 aliphatic rings. The van der Waals surface area contributed by atoms with Crippen molar-refractivity contribution in [2.75, 3.05) is 12.3 Å². The van der Waals surface area contributed by atoms with Gasteiger partial charge in [-0.15, -0.1) is 11.3 Å². The van der Waals surface area contributed by atoms with E-state index < -0.39 is 0 Å². The lowest BCUT2D eigenvalue weighted by molar-refractivity contribution is -0.131. The third-order valence-corrected chi connectivity index (χ3v) is 7.73. The van der Waals surface area contributed by atoms with E-state index >= 15 is 0 Å². The molecule has 0 unspecified atom stereocenters. The minimum absolute atomic E-state index is 0.0386. The number of hydrogen-bond acceptors (Lipinski definition) is 5. The van der Waals surface area contributed by atoms with Crippen LogP contribution in [0.5, 0.6) is 0 Å². The zero-order chi connectivity index (χ0) is 21.8. The van der Waals surface area contributed by atoms with Gasteiger partial charge in [-0.3, -0.25) is 9.59 Å². The molecule has 1 aromatic carbocycles. The summed E-state index contributed by atoms with van der Waals surface area (Å²) in [6.45, 7) is 2.91. The molecule has 8 heteroatoms. The van der Waals surface area contributed by atoms with Crippen LogP contribution in [0, 0.1) is 5.82 Å². The first kappa shape index (κ1) is 22.0. The van der Waals surface area contributed by atoms with E-state index in [-0.39, 0.29) is 17.3 Å². The van der Waals surface area contributed by atoms with Crippen LogP contribution in [0.15, 0.2) is 29.1 Å². The standard InChI is InChI=1S/C23H26FN3O2S2/c1-2-27(13-15-6-5-7-16(24)12-15)20(28)10-11-30-14-19-25-22(29)21-17-8-3-4-9-18(17)31-23(21)26-19/h5-7,12H,2-4,8-11,13-14H2,1H3,(H,25,26,29). The zero-order valence-corrected chi connectivity index (χ0v) is 19.2. The summed E-state index contributed by atoms with van der Waals surface area (Å²) < 4.78 is 13.4. The van der Waals surface area contributed by atoms with Crippen molar-refractivity contribution in [1.82, 2.24) is 14.9 Å². The van der Waals surface area contributed by atoms with Gasteiger partial charge in [-0.05, 0) is 55.9 Å². The lowest BCUT2D eigenvalue weighted by atomic mass is 9.97. The summed E-state index contributed by atoms with van der Waals surface area (Å²) in [5, 5.41) is 0.777. The van der Waals surface area contributed by atoms with E-state index in [0.29, 0.717) is 36.8 Å². The molecule has 0 saturated heterocycles. The minimum Gasteiger partial charge on any atom is -0.339 e. The van der Waals surface area contributed by atoms with Crippen LogP contribution in [-0.4, -0.2) is 33.1 Å². The third-order valence-electron chi connectivity index (χ3n) is 5.57. The number of carbonyl (C=O) groups excluding carboxylic acids is 1. The fourth-order valence-electron chi connectivity index (χ4n) is 4.00. The van der Waals surface area contributed by atoms with E-state index in [2.05, 4.69) is 9.97 Å². The summed E-state index contributed by atoms with van der Waals surface area (Å²) >= 11 is 3.24. The highest BCUT2D eigenvalue weighted by molar-refractivity contribution is 7.98. The first-order chi connectivity index (χ1) is 15.0. The molecule has 2 heterocycles. The highest BCUT2D eigenvalue weighted by atomic mass is 32.2. The van der Waals surface area contributed by atoms with Crippen molar-refractivity contribution < 1.29 is 9.18 Å². The Bertz CT molecular complexity index is 1140. The second kappa shape index (κ2) is 9.96. The molecular formula is C23H26FN3O2S2. The molecule has 1 aliphatic carbocycles. The van der Waals surface area contributed by atoms with Crippen molar-refractivity contribution in [3.63, 3.8) is 0 Å². The molecule has 5 nitrogen and oxygen atoms in total. The Morgan fingerprint density at radius 1 is 1.32 bits per heavy atom. The van der Waals surface area contributed by atoms with Gasteiger partial charge < -0.3 is 9.88 Å². The van der Waals surface area contributed by atoms with Gasteiger partial charge in [0.25, 0.3) is 5.56 Å². The normalized spacial score (nSPS) is 13.4. The van der Waals surface area contributed by atoms with E-state index in [1.165, 1.54) is 29.0 Å². The van der Waals surface area contributed by atoms with Crippen LogP contribution >= 0.6 is 23.1 Å². The summed E-state index contributed by atoms with van der Waals surface area (Å²) in [4.78, 5) is 36.7. The number of carbonyl (C=O) groups is 1. The predicted octanol–water partition coefficient (Wildman–Crippen LogP) is 4.67. The average Bonchev–Trinajstić information content (AvgIpc) is 3.14. The summed E-state index contributed by atoms with van der Waals surface area (Å²) in [7, 11) is 0. The van der Waals surface area contributed by atoms with Gasteiger partial charge in [0.1, 0.15) is 16.5 Å². The van der Waals surface area contributed by atoms with Gasteiger partial charge in [-0.1, -0.05) is 12.1 Å². The molecule has 0 aliphatic heterocycles. The lowest BCUT2D eigenvalue weighted by Crippen LogP contribution is -2.30. The summed E-state index contributed by atoms with van der Waals surface area (Å²) in [5.74, 6) is 1.63. The average molecular weight is 460 g/mol. The largest absolute Gasteiger partial charge is 0.339 e.